The maximum Gasteiger partial charge on any atom is 0.159 e. The maximum absolute atomic E-state index is 11.8. The fourth-order valence-corrected chi connectivity index (χ4v) is 2.47. The highest BCUT2D eigenvalue weighted by atomic mass is 35.5. The molecule has 0 N–H and O–H groups in total. The summed E-state index contributed by atoms with van der Waals surface area (Å²) < 4.78 is 0. The molecule has 0 aliphatic carbocycles. The fraction of sp³-hybridized carbons (Fsp3) is 0.417. The molecule has 0 saturated carbocycles. The minimum atomic E-state index is -0.492. The van der Waals surface area contributed by atoms with Gasteiger partial charge in [0, 0.05) is 13.0 Å². The minimum absolute atomic E-state index is 0.239. The molecule has 1 saturated heterocycles. The first kappa shape index (κ1) is 11.7. The number of rotatable bonds is 1. The van der Waals surface area contributed by atoms with Crippen molar-refractivity contribution >= 4 is 34.7 Å². The number of ketones is 1. The number of benzene rings is 1. The van der Waals surface area contributed by atoms with Crippen LogP contribution in [0.25, 0.3) is 0 Å². The summed E-state index contributed by atoms with van der Waals surface area (Å²) >= 11 is 12.1. The summed E-state index contributed by atoms with van der Waals surface area (Å²) in [4.78, 5) is 13.8. The first-order valence-electron chi connectivity index (χ1n) is 5.19. The zero-order valence-electron chi connectivity index (χ0n) is 9.26. The zero-order chi connectivity index (χ0) is 11.9. The highest BCUT2D eigenvalue weighted by molar-refractivity contribution is 6.43. The Labute approximate surface area is 105 Å². The number of anilines is 1. The molecule has 1 aromatic rings. The van der Waals surface area contributed by atoms with Gasteiger partial charge < -0.3 is 4.90 Å². The van der Waals surface area contributed by atoms with Crippen LogP contribution in [0.1, 0.15) is 20.3 Å². The van der Waals surface area contributed by atoms with E-state index in [0.29, 0.717) is 23.0 Å². The molecule has 16 heavy (non-hydrogen) atoms. The molecular formula is C12H13Cl2NO. The minimum Gasteiger partial charge on any atom is -0.358 e. The molecule has 2 rings (SSSR count). The Morgan fingerprint density at radius 2 is 2.00 bits per heavy atom. The molecule has 0 atom stereocenters. The van der Waals surface area contributed by atoms with Crippen LogP contribution in [0.15, 0.2) is 18.2 Å². The van der Waals surface area contributed by atoms with Crippen LogP contribution >= 0.6 is 23.2 Å². The molecule has 1 aromatic carbocycles. The van der Waals surface area contributed by atoms with Gasteiger partial charge in [-0.05, 0) is 26.0 Å². The van der Waals surface area contributed by atoms with Crippen molar-refractivity contribution in [1.82, 2.24) is 0 Å². The third kappa shape index (κ3) is 1.70. The van der Waals surface area contributed by atoms with Gasteiger partial charge in [0.05, 0.1) is 21.3 Å². The first-order chi connectivity index (χ1) is 7.44. The number of hydrogen-bond donors (Lipinski definition) is 0. The van der Waals surface area contributed by atoms with Crippen LogP contribution in [0.4, 0.5) is 5.69 Å². The van der Waals surface area contributed by atoms with E-state index in [-0.39, 0.29) is 5.78 Å². The van der Waals surface area contributed by atoms with Crippen LogP contribution < -0.4 is 4.90 Å². The van der Waals surface area contributed by atoms with Crippen LogP contribution in [0, 0.1) is 0 Å². The molecule has 2 nitrogen and oxygen atoms in total. The monoisotopic (exact) mass is 257 g/mol. The van der Waals surface area contributed by atoms with Gasteiger partial charge in [-0.3, -0.25) is 4.79 Å². The Bertz CT molecular complexity index is 443. The average Bonchev–Trinajstić information content (AvgIpc) is 2.48. The lowest BCUT2D eigenvalue weighted by atomic mass is 10.00. The van der Waals surface area contributed by atoms with Crippen molar-refractivity contribution < 1.29 is 4.79 Å². The van der Waals surface area contributed by atoms with Gasteiger partial charge in [0.25, 0.3) is 0 Å². The Morgan fingerprint density at radius 3 is 2.56 bits per heavy atom. The van der Waals surface area contributed by atoms with Crippen molar-refractivity contribution in [3.8, 4) is 0 Å². The smallest absolute Gasteiger partial charge is 0.159 e. The van der Waals surface area contributed by atoms with E-state index in [1.165, 1.54) is 0 Å². The average molecular weight is 258 g/mol. The number of Topliss-reactive ketones (excluding diaryl/α,β-unsaturated/α-hetero) is 1. The third-order valence-electron chi connectivity index (χ3n) is 3.14. The molecule has 0 radical (unpaired) electrons. The van der Waals surface area contributed by atoms with Crippen molar-refractivity contribution in [3.05, 3.63) is 28.2 Å². The molecular weight excluding hydrogens is 245 g/mol. The lowest BCUT2D eigenvalue weighted by molar-refractivity contribution is -0.120. The summed E-state index contributed by atoms with van der Waals surface area (Å²) in [5.41, 5.74) is 0.346. The highest BCUT2D eigenvalue weighted by Gasteiger charge is 2.40. The van der Waals surface area contributed by atoms with E-state index < -0.39 is 5.54 Å². The van der Waals surface area contributed by atoms with E-state index in [1.54, 1.807) is 6.07 Å². The highest BCUT2D eigenvalue weighted by Crippen LogP contribution is 2.38. The normalized spacial score (nSPS) is 19.2. The van der Waals surface area contributed by atoms with E-state index in [2.05, 4.69) is 0 Å². The van der Waals surface area contributed by atoms with Crippen molar-refractivity contribution in [3.63, 3.8) is 0 Å². The quantitative estimate of drug-likeness (QED) is 0.767. The molecule has 0 aromatic heterocycles. The Balaban J connectivity index is 2.46. The number of carbonyl (C=O) groups excluding carboxylic acids is 1. The standard InChI is InChI=1S/C12H13Cl2NO/c1-12(2)10(16)6-7-15(12)9-5-3-4-8(13)11(9)14/h3-5H,6-7H2,1-2H3. The topological polar surface area (TPSA) is 20.3 Å². The number of halogens is 2. The predicted molar refractivity (Wildman–Crippen MR) is 67.5 cm³/mol. The fourth-order valence-electron chi connectivity index (χ4n) is 2.07. The molecule has 0 bridgehead atoms. The van der Waals surface area contributed by atoms with E-state index in [4.69, 9.17) is 23.2 Å². The second kappa shape index (κ2) is 3.94. The summed E-state index contributed by atoms with van der Waals surface area (Å²) in [6, 6.07) is 5.50. The molecule has 1 fully saturated rings. The summed E-state index contributed by atoms with van der Waals surface area (Å²) in [5, 5.41) is 1.04. The molecule has 0 amide bonds. The first-order valence-corrected chi connectivity index (χ1v) is 5.95. The van der Waals surface area contributed by atoms with Gasteiger partial charge in [-0.1, -0.05) is 29.3 Å². The predicted octanol–water partition coefficient (Wildman–Crippen LogP) is 3.55. The summed E-state index contributed by atoms with van der Waals surface area (Å²) in [5.74, 6) is 0.239. The number of nitrogens with zero attached hydrogens (tertiary/aromatic N) is 1. The van der Waals surface area contributed by atoms with Gasteiger partial charge in [0.1, 0.15) is 0 Å². The van der Waals surface area contributed by atoms with Gasteiger partial charge in [-0.15, -0.1) is 0 Å². The zero-order valence-corrected chi connectivity index (χ0v) is 10.8. The molecule has 1 aliphatic rings. The Hall–Kier alpha value is -0.730. The summed E-state index contributed by atoms with van der Waals surface area (Å²) in [7, 11) is 0. The number of hydrogen-bond acceptors (Lipinski definition) is 2. The van der Waals surface area contributed by atoms with Crippen LogP contribution in [-0.4, -0.2) is 17.9 Å². The molecule has 0 spiro atoms. The number of carbonyl (C=O) groups is 1. The van der Waals surface area contributed by atoms with Gasteiger partial charge >= 0.3 is 0 Å². The third-order valence-corrected chi connectivity index (χ3v) is 3.95. The molecule has 86 valence electrons. The summed E-state index contributed by atoms with van der Waals surface area (Å²) in [6.07, 6.45) is 0.565. The molecule has 1 aliphatic heterocycles. The van der Waals surface area contributed by atoms with E-state index in [1.807, 2.05) is 30.9 Å². The lowest BCUT2D eigenvalue weighted by Crippen LogP contribution is -2.43. The van der Waals surface area contributed by atoms with Crippen LogP contribution in [0.5, 0.6) is 0 Å². The van der Waals surface area contributed by atoms with Gasteiger partial charge in [0.15, 0.2) is 5.78 Å². The lowest BCUT2D eigenvalue weighted by Gasteiger charge is -2.32. The van der Waals surface area contributed by atoms with E-state index >= 15 is 0 Å². The van der Waals surface area contributed by atoms with Gasteiger partial charge in [-0.25, -0.2) is 0 Å². The van der Waals surface area contributed by atoms with Crippen molar-refractivity contribution in [2.45, 2.75) is 25.8 Å². The maximum atomic E-state index is 11.8. The van der Waals surface area contributed by atoms with Gasteiger partial charge in [0.2, 0.25) is 0 Å². The van der Waals surface area contributed by atoms with E-state index in [0.717, 1.165) is 5.69 Å². The largest absolute Gasteiger partial charge is 0.358 e. The Morgan fingerprint density at radius 1 is 1.31 bits per heavy atom. The van der Waals surface area contributed by atoms with Crippen molar-refractivity contribution in [1.29, 1.82) is 0 Å². The summed E-state index contributed by atoms with van der Waals surface area (Å²) in [6.45, 7) is 4.53. The van der Waals surface area contributed by atoms with Gasteiger partial charge in [-0.2, -0.15) is 0 Å². The van der Waals surface area contributed by atoms with E-state index in [9.17, 15) is 4.79 Å². The molecule has 4 heteroatoms. The second-order valence-corrected chi connectivity index (χ2v) is 5.24. The van der Waals surface area contributed by atoms with Crippen LogP contribution in [0.3, 0.4) is 0 Å². The van der Waals surface area contributed by atoms with Crippen LogP contribution in [-0.2, 0) is 4.79 Å². The van der Waals surface area contributed by atoms with Crippen molar-refractivity contribution in [2.75, 3.05) is 11.4 Å². The molecule has 0 unspecified atom stereocenters. The van der Waals surface area contributed by atoms with Crippen LogP contribution in [0.2, 0.25) is 10.0 Å². The SMILES string of the molecule is CC1(C)C(=O)CCN1c1cccc(Cl)c1Cl. The Kier molecular flexibility index (Phi) is 2.89. The second-order valence-electron chi connectivity index (χ2n) is 4.46. The van der Waals surface area contributed by atoms with Crippen molar-refractivity contribution in [2.24, 2.45) is 0 Å². The molecule has 1 heterocycles.